The van der Waals surface area contributed by atoms with E-state index < -0.39 is 41.6 Å². The van der Waals surface area contributed by atoms with Crippen LogP contribution in [0.3, 0.4) is 0 Å². The number of ether oxygens (including phenoxy) is 4. The number of pyridine rings is 4. The molecule has 0 spiro atoms. The second-order valence-electron chi connectivity index (χ2n) is 22.9. The number of aryl methyl sites for hydroxylation is 8. The van der Waals surface area contributed by atoms with E-state index >= 15 is 0 Å². The van der Waals surface area contributed by atoms with Crippen LogP contribution in [0.15, 0.2) is 141 Å². The van der Waals surface area contributed by atoms with Gasteiger partial charge >= 0.3 is 63.2 Å². The van der Waals surface area contributed by atoms with Gasteiger partial charge in [0.05, 0.1) is 84.0 Å². The van der Waals surface area contributed by atoms with Crippen molar-refractivity contribution < 1.29 is 122 Å². The molecule has 8 aromatic rings. The maximum atomic E-state index is 9.75. The molecule has 0 saturated heterocycles. The number of hydrogen-bond donors (Lipinski definition) is 0. The summed E-state index contributed by atoms with van der Waals surface area (Å²) in [6, 6.07) is 51.2. The number of halogens is 16. The van der Waals surface area contributed by atoms with Crippen molar-refractivity contribution >= 4 is 76.6 Å². The summed E-state index contributed by atoms with van der Waals surface area (Å²) in [5.41, 5.74) is 19.3. The molecular formula is C74H74B4F16Fe2N14O4. The minimum Gasteiger partial charge on any atom is -0.452 e. The Bertz CT molecular complexity index is 4160. The van der Waals surface area contributed by atoms with E-state index in [9.17, 15) is 69.1 Å². The Kier molecular flexibility index (Phi) is 47.6. The Morgan fingerprint density at radius 2 is 0.474 bits per heavy atom. The SMILES string of the molecule is CC#N.CC#N.CC#N.CC#N.CC#N.CC#N.Cc1cc(N=Cc2cccc(C)n2)c2c(c1)C1CC(O2)Oc2c(N=Cc3cccc(C)n3)cc(C)cc21.Cc1cc(N=Cc2cccc(C)n2)c2c(c1)C1CC(O2)Oc2c(N=Cc3cccc(C)n3)cc(C)cc21.F[B-](F)(F)F.F[B-](F)(F)F.F[B-](F)(F)F.F[B-](F)(F)F.[Fe+2].[Fe+2]. The van der Waals surface area contributed by atoms with Gasteiger partial charge in [-0.05, 0) is 150 Å². The molecule has 114 heavy (non-hydrogen) atoms. The number of benzene rings is 4. The van der Waals surface area contributed by atoms with Crippen LogP contribution in [0, 0.1) is 123 Å². The fraction of sp³-hybridized carbons (Fsp3) is 0.270. The summed E-state index contributed by atoms with van der Waals surface area (Å²) in [4.78, 5) is 37.3. The maximum absolute atomic E-state index is 9.75. The normalized spacial score (nSPS) is 14.1. The van der Waals surface area contributed by atoms with E-state index in [-0.39, 0.29) is 46.0 Å². The number of aromatic nitrogens is 4. The largest absolute Gasteiger partial charge is 2.00 e. The van der Waals surface area contributed by atoms with Crippen LogP contribution in [0.25, 0.3) is 0 Å². The number of fused-ring (bicyclic) bond motifs is 12. The van der Waals surface area contributed by atoms with Gasteiger partial charge in [0.1, 0.15) is 22.7 Å². The quantitative estimate of drug-likeness (QED) is 0.0777. The molecule has 604 valence electrons. The molecule has 0 fully saturated rings. The van der Waals surface area contributed by atoms with Gasteiger partial charge in [-0.2, -0.15) is 31.6 Å². The van der Waals surface area contributed by atoms with Gasteiger partial charge in [-0.15, -0.1) is 0 Å². The predicted octanol–water partition coefficient (Wildman–Crippen LogP) is 22.1. The molecular weight excluding hydrogens is 1610 g/mol. The summed E-state index contributed by atoms with van der Waals surface area (Å²) in [6.45, 7) is 24.9. The summed E-state index contributed by atoms with van der Waals surface area (Å²) >= 11 is 0. The minimum atomic E-state index is -6.00. The average Bonchev–Trinajstić information content (AvgIpc) is 0.746. The predicted molar refractivity (Wildman–Crippen MR) is 401 cm³/mol. The molecule has 4 aromatic heterocycles. The molecule has 40 heteroatoms. The van der Waals surface area contributed by atoms with E-state index in [1.54, 1.807) is 61.3 Å². The van der Waals surface area contributed by atoms with Crippen molar-refractivity contribution in [1.82, 2.24) is 19.9 Å². The molecule has 0 radical (unpaired) electrons. The maximum Gasteiger partial charge on any atom is 2.00 e. The fourth-order valence-electron chi connectivity index (χ4n) is 10.1. The summed E-state index contributed by atoms with van der Waals surface area (Å²) in [5.74, 6) is 3.37. The summed E-state index contributed by atoms with van der Waals surface area (Å²) in [5, 5.41) is 43.9. The van der Waals surface area contributed by atoms with Crippen molar-refractivity contribution in [3.05, 3.63) is 211 Å². The van der Waals surface area contributed by atoms with Crippen molar-refractivity contribution in [2.45, 2.75) is 134 Å². The number of nitrogens with zero attached hydrogens (tertiary/aromatic N) is 14. The van der Waals surface area contributed by atoms with Crippen molar-refractivity contribution in [3.8, 4) is 59.4 Å². The first-order valence-electron chi connectivity index (χ1n) is 32.8. The second-order valence-corrected chi connectivity index (χ2v) is 22.9. The third-order valence-corrected chi connectivity index (χ3v) is 13.3. The monoisotopic (exact) mass is 1680 g/mol. The molecule has 12 rings (SSSR count). The molecule has 0 saturated carbocycles. The van der Waals surface area contributed by atoms with Crippen molar-refractivity contribution in [3.63, 3.8) is 0 Å². The van der Waals surface area contributed by atoms with Crippen molar-refractivity contribution in [2.24, 2.45) is 20.0 Å². The van der Waals surface area contributed by atoms with Gasteiger partial charge in [0.15, 0.2) is 23.0 Å². The molecule has 0 unspecified atom stereocenters. The van der Waals surface area contributed by atoms with Crippen molar-refractivity contribution in [1.29, 1.82) is 31.6 Å². The summed E-state index contributed by atoms with van der Waals surface area (Å²) in [6.07, 6.45) is 7.85. The summed E-state index contributed by atoms with van der Waals surface area (Å²) < 4.78 is 182. The van der Waals surface area contributed by atoms with Crippen molar-refractivity contribution in [2.75, 3.05) is 0 Å². The Balaban J connectivity index is 0. The number of rotatable bonds is 8. The van der Waals surface area contributed by atoms with Gasteiger partial charge in [-0.3, -0.25) is 39.9 Å². The third kappa shape index (κ3) is 42.8. The Morgan fingerprint density at radius 3 is 0.623 bits per heavy atom. The first-order valence-corrected chi connectivity index (χ1v) is 32.8. The van der Waals surface area contributed by atoms with Crippen LogP contribution < -0.4 is 18.9 Å². The van der Waals surface area contributed by atoms with Gasteiger partial charge in [-0.1, -0.05) is 48.5 Å². The molecule has 0 aliphatic carbocycles. The van der Waals surface area contributed by atoms with Crippen LogP contribution in [0.1, 0.15) is 156 Å². The van der Waals surface area contributed by atoms with Gasteiger partial charge in [0, 0.05) is 111 Å². The first-order chi connectivity index (χ1) is 52.3. The topological polar surface area (TPSA) is 281 Å². The molecule has 18 nitrogen and oxygen atoms in total. The summed E-state index contributed by atoms with van der Waals surface area (Å²) in [7, 11) is -24.0. The zero-order valence-corrected chi connectivity index (χ0v) is 65.7. The Hall–Kier alpha value is -11.5. The molecule has 8 heterocycles. The number of hydrogen-bond acceptors (Lipinski definition) is 18. The van der Waals surface area contributed by atoms with Gasteiger partial charge in [0.25, 0.3) is 0 Å². The van der Waals surface area contributed by atoms with Crippen LogP contribution >= 0.6 is 0 Å². The van der Waals surface area contributed by atoms with Gasteiger partial charge < -0.3 is 88.0 Å². The van der Waals surface area contributed by atoms with Crippen LogP contribution in [-0.4, -0.2) is 86.4 Å². The number of nitriles is 6. The van der Waals surface area contributed by atoms with Crippen LogP contribution in [0.5, 0.6) is 23.0 Å². The standard InChI is InChI=1S/2C31H28N4O2.6C2H3N.4BF4.2Fe/c2*1-18-11-25-24-15-29(36-30(25)27(13-18)32-16-22-9-5-7-20(3)34-22)37-31-26(24)12-19(2)14-28(31)33-17-23-10-6-8-21(4)35-23;6*1-2-3;4*2-1(3,4)5;;/h2*5-14,16-17,24,29H,15H2,1-4H3;6*1H3;;;;;;/q;;;;;;;;4*-1;2*+2. The van der Waals surface area contributed by atoms with E-state index in [2.05, 4.69) is 71.9 Å². The van der Waals surface area contributed by atoms with E-state index in [0.717, 1.165) is 149 Å². The molecule has 4 aromatic carbocycles. The van der Waals surface area contributed by atoms with E-state index in [4.69, 9.17) is 70.5 Å². The van der Waals surface area contributed by atoms with Gasteiger partial charge in [0.2, 0.25) is 12.6 Å². The second kappa shape index (κ2) is 51.9. The first kappa shape index (κ1) is 105. The van der Waals surface area contributed by atoms with Crippen LogP contribution in [0.2, 0.25) is 0 Å². The molecule has 4 aliphatic rings. The molecule has 0 atom stereocenters. The zero-order chi connectivity index (χ0) is 85.3. The number of aliphatic imine (C=N–C) groups is 4. The minimum absolute atomic E-state index is 0. The van der Waals surface area contributed by atoms with Gasteiger partial charge in [-0.25, -0.2) is 0 Å². The Labute approximate surface area is 671 Å². The molecule has 4 bridgehead atoms. The van der Waals surface area contributed by atoms with E-state index in [0.29, 0.717) is 0 Å². The van der Waals surface area contributed by atoms with E-state index in [1.807, 2.05) is 125 Å². The molecule has 0 N–H and O–H groups in total. The average molecular weight is 1680 g/mol. The smallest absolute Gasteiger partial charge is 0.452 e. The molecule has 4 aliphatic heterocycles. The fourth-order valence-corrected chi connectivity index (χ4v) is 10.1. The third-order valence-electron chi connectivity index (χ3n) is 13.3. The van der Waals surface area contributed by atoms with E-state index in [1.165, 1.54) is 41.5 Å². The Morgan fingerprint density at radius 1 is 0.316 bits per heavy atom. The van der Waals surface area contributed by atoms with Crippen LogP contribution in [0.4, 0.5) is 91.8 Å². The van der Waals surface area contributed by atoms with Crippen LogP contribution in [-0.2, 0) is 34.1 Å². The zero-order valence-electron chi connectivity index (χ0n) is 63.5. The molecule has 0 amide bonds.